The number of benzene rings is 1. The first kappa shape index (κ1) is 14.4. The molecule has 1 heterocycles. The van der Waals surface area contributed by atoms with Gasteiger partial charge in [0.05, 0.1) is 0 Å². The SMILES string of the molecule is CCC1CCN(C(=O)c2cccc(O)c2)C(C(=O)O)C1. The Labute approximate surface area is 117 Å². The Morgan fingerprint density at radius 2 is 2.15 bits per heavy atom. The van der Waals surface area contributed by atoms with E-state index < -0.39 is 12.0 Å². The summed E-state index contributed by atoms with van der Waals surface area (Å²) in [6.45, 7) is 2.49. The zero-order valence-corrected chi connectivity index (χ0v) is 11.5. The van der Waals surface area contributed by atoms with Crippen LogP contribution in [0.2, 0.25) is 0 Å². The van der Waals surface area contributed by atoms with E-state index >= 15 is 0 Å². The van der Waals surface area contributed by atoms with E-state index in [1.165, 1.54) is 17.0 Å². The summed E-state index contributed by atoms with van der Waals surface area (Å²) in [4.78, 5) is 25.2. The lowest BCUT2D eigenvalue weighted by Crippen LogP contribution is -2.50. The summed E-state index contributed by atoms with van der Waals surface area (Å²) in [5, 5.41) is 18.8. The van der Waals surface area contributed by atoms with Crippen LogP contribution >= 0.6 is 0 Å². The lowest BCUT2D eigenvalue weighted by atomic mass is 9.88. The molecule has 1 aromatic rings. The number of piperidine rings is 1. The molecular weight excluding hydrogens is 258 g/mol. The molecule has 108 valence electrons. The number of aliphatic carboxylic acids is 1. The number of carboxylic acid groups (broad SMARTS) is 1. The molecule has 1 amide bonds. The molecule has 1 aromatic carbocycles. The van der Waals surface area contributed by atoms with Gasteiger partial charge in [0.25, 0.3) is 5.91 Å². The van der Waals surface area contributed by atoms with Crippen molar-refractivity contribution in [2.45, 2.75) is 32.2 Å². The van der Waals surface area contributed by atoms with Crippen molar-refractivity contribution < 1.29 is 19.8 Å². The summed E-state index contributed by atoms with van der Waals surface area (Å²) in [5.74, 6) is -0.935. The van der Waals surface area contributed by atoms with Gasteiger partial charge in [0, 0.05) is 12.1 Å². The number of carboxylic acids is 1. The van der Waals surface area contributed by atoms with Crippen LogP contribution in [-0.4, -0.2) is 39.6 Å². The highest BCUT2D eigenvalue weighted by atomic mass is 16.4. The Morgan fingerprint density at radius 3 is 2.75 bits per heavy atom. The highest BCUT2D eigenvalue weighted by molar-refractivity contribution is 5.97. The van der Waals surface area contributed by atoms with Gasteiger partial charge in [0.2, 0.25) is 0 Å². The second-order valence-electron chi connectivity index (χ2n) is 5.20. The van der Waals surface area contributed by atoms with Crippen molar-refractivity contribution in [3.63, 3.8) is 0 Å². The minimum atomic E-state index is -0.961. The molecule has 1 fully saturated rings. The van der Waals surface area contributed by atoms with Crippen molar-refractivity contribution >= 4 is 11.9 Å². The first-order valence-corrected chi connectivity index (χ1v) is 6.85. The molecule has 1 saturated heterocycles. The molecule has 0 radical (unpaired) electrons. The smallest absolute Gasteiger partial charge is 0.326 e. The summed E-state index contributed by atoms with van der Waals surface area (Å²) in [5.41, 5.74) is 0.325. The Kier molecular flexibility index (Phi) is 4.27. The molecule has 2 N–H and O–H groups in total. The number of amides is 1. The average molecular weight is 277 g/mol. The molecule has 0 spiro atoms. The first-order valence-electron chi connectivity index (χ1n) is 6.85. The van der Waals surface area contributed by atoms with Crippen LogP contribution in [0.4, 0.5) is 0 Å². The molecule has 5 heteroatoms. The number of phenols is 1. The van der Waals surface area contributed by atoms with E-state index in [-0.39, 0.29) is 11.7 Å². The van der Waals surface area contributed by atoms with Gasteiger partial charge in [0.1, 0.15) is 11.8 Å². The van der Waals surface area contributed by atoms with Gasteiger partial charge in [-0.05, 0) is 37.0 Å². The van der Waals surface area contributed by atoms with E-state index in [9.17, 15) is 19.8 Å². The lowest BCUT2D eigenvalue weighted by molar-refractivity contribution is -0.144. The van der Waals surface area contributed by atoms with Gasteiger partial charge in [-0.25, -0.2) is 4.79 Å². The fraction of sp³-hybridized carbons (Fsp3) is 0.467. The quantitative estimate of drug-likeness (QED) is 0.887. The molecule has 2 unspecified atom stereocenters. The minimum Gasteiger partial charge on any atom is -0.508 e. The number of carbonyl (C=O) groups excluding carboxylic acids is 1. The number of nitrogens with zero attached hydrogens (tertiary/aromatic N) is 1. The van der Waals surface area contributed by atoms with E-state index in [1.807, 2.05) is 6.92 Å². The van der Waals surface area contributed by atoms with Gasteiger partial charge < -0.3 is 15.1 Å². The van der Waals surface area contributed by atoms with Crippen molar-refractivity contribution in [2.75, 3.05) is 6.54 Å². The normalized spacial score (nSPS) is 22.6. The predicted molar refractivity (Wildman–Crippen MR) is 73.6 cm³/mol. The van der Waals surface area contributed by atoms with Gasteiger partial charge in [-0.2, -0.15) is 0 Å². The second-order valence-corrected chi connectivity index (χ2v) is 5.20. The van der Waals surface area contributed by atoms with Crippen LogP contribution in [0.5, 0.6) is 5.75 Å². The molecule has 0 bridgehead atoms. The van der Waals surface area contributed by atoms with Crippen molar-refractivity contribution in [3.8, 4) is 5.75 Å². The van der Waals surface area contributed by atoms with Crippen LogP contribution in [0.15, 0.2) is 24.3 Å². The topological polar surface area (TPSA) is 77.8 Å². The van der Waals surface area contributed by atoms with Gasteiger partial charge >= 0.3 is 5.97 Å². The average Bonchev–Trinajstić information content (AvgIpc) is 2.45. The van der Waals surface area contributed by atoms with E-state index in [2.05, 4.69) is 0 Å². The fourth-order valence-electron chi connectivity index (χ4n) is 2.69. The van der Waals surface area contributed by atoms with Crippen molar-refractivity contribution in [1.82, 2.24) is 4.90 Å². The lowest BCUT2D eigenvalue weighted by Gasteiger charge is -2.37. The van der Waals surface area contributed by atoms with E-state index in [0.717, 1.165) is 12.8 Å². The van der Waals surface area contributed by atoms with Crippen LogP contribution in [-0.2, 0) is 4.79 Å². The summed E-state index contributed by atoms with van der Waals surface area (Å²) in [7, 11) is 0. The largest absolute Gasteiger partial charge is 0.508 e. The van der Waals surface area contributed by atoms with Crippen LogP contribution < -0.4 is 0 Å². The van der Waals surface area contributed by atoms with Gasteiger partial charge in [0.15, 0.2) is 0 Å². The number of likely N-dealkylation sites (tertiary alicyclic amines) is 1. The molecule has 0 aliphatic carbocycles. The Hall–Kier alpha value is -2.04. The van der Waals surface area contributed by atoms with Crippen LogP contribution in [0.25, 0.3) is 0 Å². The molecule has 1 aliphatic heterocycles. The maximum Gasteiger partial charge on any atom is 0.326 e. The van der Waals surface area contributed by atoms with Gasteiger partial charge in [-0.15, -0.1) is 0 Å². The van der Waals surface area contributed by atoms with Gasteiger partial charge in [-0.1, -0.05) is 19.4 Å². The Morgan fingerprint density at radius 1 is 1.40 bits per heavy atom. The maximum atomic E-state index is 12.4. The molecule has 2 atom stereocenters. The number of carbonyl (C=O) groups is 2. The zero-order valence-electron chi connectivity index (χ0n) is 11.5. The molecule has 2 rings (SSSR count). The van der Waals surface area contributed by atoms with Crippen LogP contribution in [0.1, 0.15) is 36.5 Å². The molecule has 0 aromatic heterocycles. The number of hydrogen-bond donors (Lipinski definition) is 2. The highest BCUT2D eigenvalue weighted by Gasteiger charge is 2.35. The molecule has 0 saturated carbocycles. The first-order chi connectivity index (χ1) is 9.52. The summed E-state index contributed by atoms with van der Waals surface area (Å²) in [6, 6.07) is 5.25. The van der Waals surface area contributed by atoms with Crippen molar-refractivity contribution in [1.29, 1.82) is 0 Å². The van der Waals surface area contributed by atoms with E-state index in [0.29, 0.717) is 24.4 Å². The third-order valence-electron chi connectivity index (χ3n) is 3.93. The minimum absolute atomic E-state index is 0.00571. The van der Waals surface area contributed by atoms with Crippen molar-refractivity contribution in [2.24, 2.45) is 5.92 Å². The molecule has 5 nitrogen and oxygen atoms in total. The van der Waals surface area contributed by atoms with Crippen LogP contribution in [0.3, 0.4) is 0 Å². The fourth-order valence-corrected chi connectivity index (χ4v) is 2.69. The third-order valence-corrected chi connectivity index (χ3v) is 3.93. The summed E-state index contributed by atoms with van der Waals surface area (Å²) < 4.78 is 0. The highest BCUT2D eigenvalue weighted by Crippen LogP contribution is 2.27. The van der Waals surface area contributed by atoms with Crippen LogP contribution in [0, 0.1) is 5.92 Å². The summed E-state index contributed by atoms with van der Waals surface area (Å²) >= 11 is 0. The van der Waals surface area contributed by atoms with Crippen molar-refractivity contribution in [3.05, 3.63) is 29.8 Å². The predicted octanol–water partition coefficient (Wildman–Crippen LogP) is 2.11. The number of phenolic OH excluding ortho intramolecular Hbond substituents is 1. The molecule has 20 heavy (non-hydrogen) atoms. The molecule has 1 aliphatic rings. The summed E-state index contributed by atoms with van der Waals surface area (Å²) in [6.07, 6.45) is 2.25. The Balaban J connectivity index is 2.21. The van der Waals surface area contributed by atoms with E-state index in [4.69, 9.17) is 0 Å². The Bertz CT molecular complexity index is 514. The van der Waals surface area contributed by atoms with Gasteiger partial charge in [-0.3, -0.25) is 4.79 Å². The monoisotopic (exact) mass is 277 g/mol. The standard InChI is InChI=1S/C15H19NO4/c1-2-10-6-7-16(13(8-10)15(19)20)14(18)11-4-3-5-12(17)9-11/h3-5,9-10,13,17H,2,6-8H2,1H3,(H,19,20). The number of aromatic hydroxyl groups is 1. The third kappa shape index (κ3) is 2.92. The number of rotatable bonds is 3. The second kappa shape index (κ2) is 5.94. The zero-order chi connectivity index (χ0) is 14.7. The van der Waals surface area contributed by atoms with E-state index in [1.54, 1.807) is 12.1 Å². The number of hydrogen-bond acceptors (Lipinski definition) is 3. The maximum absolute atomic E-state index is 12.4. The molecular formula is C15H19NO4.